The molecule has 0 rings (SSSR count). The van der Waals surface area contributed by atoms with Crippen molar-refractivity contribution in [2.45, 2.75) is 13.0 Å². The second kappa shape index (κ2) is 8.90. The minimum atomic E-state index is -1.43. The van der Waals surface area contributed by atoms with Crippen molar-refractivity contribution in [3.05, 3.63) is 0 Å². The summed E-state index contributed by atoms with van der Waals surface area (Å²) in [5, 5.41) is 10.9. The van der Waals surface area contributed by atoms with Crippen LogP contribution in [0.5, 0.6) is 0 Å². The Balaban J connectivity index is 5.41. The Kier molecular flexibility index (Phi) is 7.99. The molecule has 0 saturated carbocycles. The Bertz CT molecular complexity index is 392. The molecule has 0 aliphatic heterocycles. The number of amides is 1. The zero-order valence-corrected chi connectivity index (χ0v) is 12.2. The Morgan fingerprint density at radius 1 is 0.952 bits per heavy atom. The first-order valence-corrected chi connectivity index (χ1v) is 5.97. The molecule has 0 aromatic heterocycles. The number of hydrogen-bond donors (Lipinski definition) is 2. The summed E-state index contributed by atoms with van der Waals surface area (Å²) in [4.78, 5) is 46.3. The molecule has 0 aromatic rings. The lowest BCUT2D eigenvalue weighted by molar-refractivity contribution is -0.163. The first kappa shape index (κ1) is 18.8. The van der Waals surface area contributed by atoms with Crippen molar-refractivity contribution in [1.82, 2.24) is 5.32 Å². The van der Waals surface area contributed by atoms with Gasteiger partial charge in [-0.2, -0.15) is 0 Å². The predicted molar refractivity (Wildman–Crippen MR) is 67.7 cm³/mol. The van der Waals surface area contributed by atoms with Gasteiger partial charge in [-0.15, -0.1) is 0 Å². The van der Waals surface area contributed by atoms with Gasteiger partial charge in [-0.25, -0.2) is 4.79 Å². The smallest absolute Gasteiger partial charge is 0.328 e. The maximum Gasteiger partial charge on any atom is 0.328 e. The summed E-state index contributed by atoms with van der Waals surface area (Å²) in [5.74, 6) is -5.99. The highest BCUT2D eigenvalue weighted by atomic mass is 16.5. The number of carbonyl (C=O) groups is 4. The molecule has 0 heterocycles. The van der Waals surface area contributed by atoms with Crippen LogP contribution in [0, 0.1) is 11.8 Å². The number of hydrogen-bond acceptors (Lipinski definition) is 8. The molecule has 0 unspecified atom stereocenters. The molecule has 0 spiro atoms. The van der Waals surface area contributed by atoms with Gasteiger partial charge in [0.15, 0.2) is 5.92 Å². The average molecular weight is 305 g/mol. The first-order chi connectivity index (χ1) is 9.83. The van der Waals surface area contributed by atoms with E-state index in [1.807, 2.05) is 0 Å². The largest absolute Gasteiger partial charge is 0.468 e. The van der Waals surface area contributed by atoms with Crippen LogP contribution in [0.4, 0.5) is 0 Å². The molecule has 0 aliphatic rings. The second-order valence-electron chi connectivity index (χ2n) is 4.11. The van der Waals surface area contributed by atoms with Gasteiger partial charge in [0, 0.05) is 5.92 Å². The number of rotatable bonds is 7. The quantitative estimate of drug-likeness (QED) is 0.321. The fraction of sp³-hybridized carbons (Fsp3) is 0.667. The average Bonchev–Trinajstić information content (AvgIpc) is 2.50. The number of aliphatic hydroxyl groups is 1. The molecule has 0 aromatic carbocycles. The maximum absolute atomic E-state index is 11.7. The fourth-order valence-electron chi connectivity index (χ4n) is 1.72. The highest BCUT2D eigenvalue weighted by Gasteiger charge is 2.42. The van der Waals surface area contributed by atoms with E-state index in [-0.39, 0.29) is 0 Å². The van der Waals surface area contributed by atoms with Crippen LogP contribution in [-0.4, -0.2) is 62.9 Å². The number of methoxy groups -OCH3 is 3. The van der Waals surface area contributed by atoms with Crippen molar-refractivity contribution in [2.24, 2.45) is 11.8 Å². The normalized spacial score (nSPS) is 13.0. The van der Waals surface area contributed by atoms with Crippen LogP contribution in [0.2, 0.25) is 0 Å². The van der Waals surface area contributed by atoms with E-state index < -0.39 is 48.3 Å². The van der Waals surface area contributed by atoms with E-state index in [4.69, 9.17) is 5.11 Å². The summed E-state index contributed by atoms with van der Waals surface area (Å²) in [6, 6.07) is -1.32. The number of aliphatic hydroxyl groups excluding tert-OH is 1. The zero-order valence-electron chi connectivity index (χ0n) is 12.2. The fourth-order valence-corrected chi connectivity index (χ4v) is 1.72. The molecule has 1 amide bonds. The van der Waals surface area contributed by atoms with E-state index in [2.05, 4.69) is 19.5 Å². The Morgan fingerprint density at radius 3 is 1.71 bits per heavy atom. The van der Waals surface area contributed by atoms with Crippen LogP contribution in [0.3, 0.4) is 0 Å². The molecule has 2 atom stereocenters. The van der Waals surface area contributed by atoms with Crippen molar-refractivity contribution in [2.75, 3.05) is 27.9 Å². The molecule has 21 heavy (non-hydrogen) atoms. The van der Waals surface area contributed by atoms with Crippen LogP contribution in [0.25, 0.3) is 0 Å². The molecule has 0 fully saturated rings. The van der Waals surface area contributed by atoms with Crippen molar-refractivity contribution >= 4 is 23.8 Å². The zero-order chi connectivity index (χ0) is 16.6. The van der Waals surface area contributed by atoms with Crippen LogP contribution in [-0.2, 0) is 33.4 Å². The molecule has 0 bridgehead atoms. The van der Waals surface area contributed by atoms with Gasteiger partial charge in [-0.3, -0.25) is 14.4 Å². The van der Waals surface area contributed by atoms with Gasteiger partial charge in [0.05, 0.1) is 21.3 Å². The van der Waals surface area contributed by atoms with Gasteiger partial charge < -0.3 is 24.6 Å². The predicted octanol–water partition coefficient (Wildman–Crippen LogP) is -1.77. The SMILES string of the molecule is COC(=O)C(C(=O)OC)[C@H](C)[C@@H](NC(=O)CO)C(=O)OC. The first-order valence-electron chi connectivity index (χ1n) is 5.97. The van der Waals surface area contributed by atoms with E-state index in [0.717, 1.165) is 21.3 Å². The highest BCUT2D eigenvalue weighted by molar-refractivity contribution is 5.96. The molecule has 2 N–H and O–H groups in total. The summed E-state index contributed by atoms with van der Waals surface area (Å²) in [7, 11) is 3.23. The number of ether oxygens (including phenoxy) is 3. The van der Waals surface area contributed by atoms with E-state index in [0.29, 0.717) is 0 Å². The monoisotopic (exact) mass is 305 g/mol. The third-order valence-electron chi connectivity index (χ3n) is 2.88. The lowest BCUT2D eigenvalue weighted by Gasteiger charge is -2.26. The number of esters is 3. The molecule has 9 nitrogen and oxygen atoms in total. The molecule has 120 valence electrons. The van der Waals surface area contributed by atoms with E-state index in [1.165, 1.54) is 6.92 Å². The van der Waals surface area contributed by atoms with E-state index >= 15 is 0 Å². The summed E-state index contributed by atoms with van der Waals surface area (Å²) >= 11 is 0. The molecule has 0 saturated heterocycles. The minimum absolute atomic E-state index is 0.856. The Morgan fingerprint density at radius 2 is 1.38 bits per heavy atom. The third-order valence-corrected chi connectivity index (χ3v) is 2.88. The molecule has 0 aliphatic carbocycles. The second-order valence-corrected chi connectivity index (χ2v) is 4.11. The Labute approximate surface area is 121 Å². The summed E-state index contributed by atoms with van der Waals surface area (Å²) in [6.45, 7) is 0.513. The van der Waals surface area contributed by atoms with Crippen molar-refractivity contribution in [3.63, 3.8) is 0 Å². The molecule has 9 heteroatoms. The van der Waals surface area contributed by atoms with Gasteiger partial charge in [0.25, 0.3) is 0 Å². The van der Waals surface area contributed by atoms with E-state index in [1.54, 1.807) is 0 Å². The van der Waals surface area contributed by atoms with Crippen molar-refractivity contribution < 1.29 is 38.5 Å². The number of carbonyl (C=O) groups excluding carboxylic acids is 4. The van der Waals surface area contributed by atoms with Crippen LogP contribution in [0.15, 0.2) is 0 Å². The lowest BCUT2D eigenvalue weighted by atomic mass is 9.87. The van der Waals surface area contributed by atoms with Gasteiger partial charge >= 0.3 is 17.9 Å². The molecular formula is C12H19NO8. The third kappa shape index (κ3) is 5.03. The van der Waals surface area contributed by atoms with Gasteiger partial charge in [0.1, 0.15) is 12.6 Å². The molecule has 0 radical (unpaired) electrons. The summed E-state index contributed by atoms with van der Waals surface area (Å²) < 4.78 is 13.5. The highest BCUT2D eigenvalue weighted by Crippen LogP contribution is 2.20. The van der Waals surface area contributed by atoms with Gasteiger partial charge in [0.2, 0.25) is 5.91 Å². The number of nitrogens with one attached hydrogen (secondary N) is 1. The lowest BCUT2D eigenvalue weighted by Crippen LogP contribution is -2.51. The Hall–Kier alpha value is -2.16. The minimum Gasteiger partial charge on any atom is -0.468 e. The molecular weight excluding hydrogens is 286 g/mol. The standard InChI is InChI=1S/C12H19NO8/c1-6(8(10(16)19-2)11(17)20-3)9(12(18)21-4)13-7(15)5-14/h6,8-9,14H,5H2,1-4H3,(H,13,15)/t6-,9+/m0/s1. The topological polar surface area (TPSA) is 128 Å². The summed E-state index contributed by atoms with van der Waals surface area (Å²) in [5.41, 5.74) is 0. The van der Waals surface area contributed by atoms with Crippen molar-refractivity contribution in [1.29, 1.82) is 0 Å². The maximum atomic E-state index is 11.7. The van der Waals surface area contributed by atoms with Crippen LogP contribution in [0.1, 0.15) is 6.92 Å². The van der Waals surface area contributed by atoms with Crippen molar-refractivity contribution in [3.8, 4) is 0 Å². The van der Waals surface area contributed by atoms with Crippen LogP contribution < -0.4 is 5.32 Å². The van der Waals surface area contributed by atoms with E-state index in [9.17, 15) is 19.2 Å². The van der Waals surface area contributed by atoms with Gasteiger partial charge in [-0.05, 0) is 0 Å². The summed E-state index contributed by atoms with van der Waals surface area (Å²) in [6.07, 6.45) is 0. The van der Waals surface area contributed by atoms with Gasteiger partial charge in [-0.1, -0.05) is 6.92 Å². The van der Waals surface area contributed by atoms with Crippen LogP contribution >= 0.6 is 0 Å².